The highest BCUT2D eigenvalue weighted by atomic mass is 35.5. The van der Waals surface area contributed by atoms with Crippen molar-refractivity contribution >= 4 is 23.4 Å². The van der Waals surface area contributed by atoms with Crippen LogP contribution < -0.4 is 11.5 Å². The van der Waals surface area contributed by atoms with Gasteiger partial charge in [-0.05, 0) is 87.4 Å². The van der Waals surface area contributed by atoms with Crippen LogP contribution in [0, 0.1) is 51.9 Å². The highest BCUT2D eigenvalue weighted by Gasteiger charge is 2.19. The SMILES string of the molecule is C#Cc1nc(C(N)=O)n(-c2ccc(C)nc2)c1C.Cc1ccc(-n2c(C(N)=O)nc(C#Cc3ccnc(Cl)n3)c2C)cn1. The predicted octanol–water partition coefficient (Wildman–Crippen LogP) is 2.79. The van der Waals surface area contributed by atoms with Crippen molar-refractivity contribution in [3.63, 3.8) is 0 Å². The van der Waals surface area contributed by atoms with Gasteiger partial charge in [-0.1, -0.05) is 0 Å². The van der Waals surface area contributed by atoms with Crippen LogP contribution in [0.15, 0.2) is 48.9 Å². The summed E-state index contributed by atoms with van der Waals surface area (Å²) in [5, 5.41) is 0.109. The average Bonchev–Trinajstić information content (AvgIpc) is 3.50. The molecule has 0 aliphatic heterocycles. The number of carbonyl (C=O) groups excluding carboxylic acids is 2. The maximum atomic E-state index is 11.8. The third-order valence-electron chi connectivity index (χ3n) is 6.04. The van der Waals surface area contributed by atoms with Gasteiger partial charge in [0.05, 0.1) is 35.2 Å². The second-order valence-electron chi connectivity index (χ2n) is 9.06. The van der Waals surface area contributed by atoms with Gasteiger partial charge >= 0.3 is 0 Å². The van der Waals surface area contributed by atoms with Gasteiger partial charge in [0.1, 0.15) is 17.1 Å². The molecule has 0 atom stereocenters. The maximum absolute atomic E-state index is 11.8. The third-order valence-corrected chi connectivity index (χ3v) is 6.22. The number of aryl methyl sites for hydroxylation is 2. The number of terminal acetylenes is 1. The van der Waals surface area contributed by atoms with Gasteiger partial charge < -0.3 is 11.5 Å². The van der Waals surface area contributed by atoms with Crippen LogP contribution in [0.2, 0.25) is 5.28 Å². The molecule has 0 radical (unpaired) electrons. The van der Waals surface area contributed by atoms with Crippen molar-refractivity contribution in [2.45, 2.75) is 27.7 Å². The zero-order valence-electron chi connectivity index (χ0n) is 23.6. The van der Waals surface area contributed by atoms with Crippen molar-refractivity contribution in [1.82, 2.24) is 39.0 Å². The van der Waals surface area contributed by atoms with Crippen molar-refractivity contribution in [2.24, 2.45) is 11.5 Å². The molecule has 214 valence electrons. The molecule has 0 aliphatic carbocycles. The number of pyridine rings is 2. The van der Waals surface area contributed by atoms with Gasteiger partial charge in [0, 0.05) is 17.6 Å². The van der Waals surface area contributed by atoms with E-state index in [-0.39, 0.29) is 16.9 Å². The van der Waals surface area contributed by atoms with Crippen LogP contribution in [0.5, 0.6) is 0 Å². The van der Waals surface area contributed by atoms with E-state index < -0.39 is 11.8 Å². The number of rotatable bonds is 4. The summed E-state index contributed by atoms with van der Waals surface area (Å²) in [5.41, 5.74) is 16.6. The summed E-state index contributed by atoms with van der Waals surface area (Å²) in [7, 11) is 0. The molecule has 5 aromatic heterocycles. The second-order valence-corrected chi connectivity index (χ2v) is 9.40. The van der Waals surface area contributed by atoms with Gasteiger partial charge in [-0.2, -0.15) is 0 Å². The Kier molecular flexibility index (Phi) is 8.94. The van der Waals surface area contributed by atoms with Gasteiger partial charge in [0.25, 0.3) is 11.8 Å². The minimum atomic E-state index is -0.651. The van der Waals surface area contributed by atoms with E-state index in [9.17, 15) is 9.59 Å². The molecule has 5 rings (SSSR count). The van der Waals surface area contributed by atoms with Gasteiger partial charge in [0.2, 0.25) is 16.9 Å². The lowest BCUT2D eigenvalue weighted by atomic mass is 10.3. The van der Waals surface area contributed by atoms with E-state index in [0.29, 0.717) is 39.8 Å². The number of nitrogens with zero attached hydrogens (tertiary/aromatic N) is 8. The standard InChI is InChI=1S/C17H13ClN6O.C13H12N4O/c1-10-3-5-13(9-21-10)24-11(2)14(23-16(24)15(19)25)6-4-12-7-8-20-17(18)22-12;1-4-11-9(3)17(13(16-11)12(14)18)10-6-5-8(2)15-7-10/h3,5,7-9H,1-2H3,(H2,19,25);1,5-7H,2-3H3,(H2,14,18). The Hall–Kier alpha value is -5.85. The highest BCUT2D eigenvalue weighted by Crippen LogP contribution is 2.18. The minimum Gasteiger partial charge on any atom is -0.363 e. The predicted molar refractivity (Wildman–Crippen MR) is 160 cm³/mol. The summed E-state index contributed by atoms with van der Waals surface area (Å²) in [4.78, 5) is 47.7. The lowest BCUT2D eigenvalue weighted by Crippen LogP contribution is -2.18. The van der Waals surface area contributed by atoms with Gasteiger partial charge in [-0.25, -0.2) is 19.9 Å². The van der Waals surface area contributed by atoms with Crippen molar-refractivity contribution < 1.29 is 9.59 Å². The summed E-state index contributed by atoms with van der Waals surface area (Å²) in [5.74, 6) is 7.11. The van der Waals surface area contributed by atoms with E-state index in [1.54, 1.807) is 41.4 Å². The molecule has 4 N–H and O–H groups in total. The Morgan fingerprint density at radius 2 is 1.26 bits per heavy atom. The molecule has 0 unspecified atom stereocenters. The zero-order chi connectivity index (χ0) is 31.3. The molecule has 5 heterocycles. The Balaban J connectivity index is 0.000000208. The minimum absolute atomic E-state index is 0.0909. The fraction of sp³-hybridized carbons (Fsp3) is 0.133. The van der Waals surface area contributed by atoms with Crippen LogP contribution in [0.1, 0.15) is 61.1 Å². The first-order valence-corrected chi connectivity index (χ1v) is 13.0. The summed E-state index contributed by atoms with van der Waals surface area (Å²) < 4.78 is 3.25. The number of primary amides is 2. The van der Waals surface area contributed by atoms with E-state index in [4.69, 9.17) is 29.5 Å². The topological polar surface area (TPSA) is 173 Å². The molecule has 0 spiro atoms. The van der Waals surface area contributed by atoms with Crippen LogP contribution in [0.4, 0.5) is 0 Å². The number of aromatic nitrogens is 8. The molecule has 0 saturated carbocycles. The molecule has 5 aromatic rings. The quantitative estimate of drug-likeness (QED) is 0.237. The Morgan fingerprint density at radius 1 is 0.744 bits per heavy atom. The molecule has 0 fully saturated rings. The second kappa shape index (κ2) is 12.8. The molecule has 0 aliphatic rings. The zero-order valence-corrected chi connectivity index (χ0v) is 24.4. The summed E-state index contributed by atoms with van der Waals surface area (Å²) in [6.45, 7) is 7.35. The van der Waals surface area contributed by atoms with Crippen molar-refractivity contribution in [3.05, 3.63) is 106 Å². The smallest absolute Gasteiger partial charge is 0.285 e. The normalized spacial score (nSPS) is 10.1. The van der Waals surface area contributed by atoms with E-state index in [2.05, 4.69) is 47.7 Å². The Labute approximate surface area is 252 Å². The van der Waals surface area contributed by atoms with E-state index in [1.165, 1.54) is 6.20 Å². The molecule has 0 saturated heterocycles. The van der Waals surface area contributed by atoms with Gasteiger partial charge in [-0.15, -0.1) is 6.42 Å². The number of hydrogen-bond donors (Lipinski definition) is 2. The van der Waals surface area contributed by atoms with Crippen LogP contribution in [-0.4, -0.2) is 50.9 Å². The Morgan fingerprint density at radius 3 is 1.70 bits per heavy atom. The molecule has 0 aromatic carbocycles. The number of nitrogens with two attached hydrogens (primary N) is 2. The summed E-state index contributed by atoms with van der Waals surface area (Å²) in [6.07, 6.45) is 10.2. The lowest BCUT2D eigenvalue weighted by molar-refractivity contribution is 0.0980. The Bertz CT molecular complexity index is 1940. The highest BCUT2D eigenvalue weighted by molar-refractivity contribution is 6.28. The van der Waals surface area contributed by atoms with Crippen molar-refractivity contribution in [3.8, 4) is 35.6 Å². The molecule has 13 heteroatoms. The van der Waals surface area contributed by atoms with E-state index in [1.807, 2.05) is 38.1 Å². The number of halogens is 1. The lowest BCUT2D eigenvalue weighted by Gasteiger charge is -2.07. The number of hydrogen-bond acceptors (Lipinski definition) is 8. The number of amides is 2. The van der Waals surface area contributed by atoms with Crippen molar-refractivity contribution in [1.29, 1.82) is 0 Å². The van der Waals surface area contributed by atoms with Crippen LogP contribution in [-0.2, 0) is 0 Å². The van der Waals surface area contributed by atoms with E-state index in [0.717, 1.165) is 11.4 Å². The first-order valence-electron chi connectivity index (χ1n) is 12.6. The van der Waals surface area contributed by atoms with Gasteiger partial charge in [-0.3, -0.25) is 28.7 Å². The third kappa shape index (κ3) is 6.73. The maximum Gasteiger partial charge on any atom is 0.285 e. The molecular formula is C30H25ClN10O2. The van der Waals surface area contributed by atoms with Crippen LogP contribution >= 0.6 is 11.6 Å². The number of carbonyl (C=O) groups is 2. The molecule has 12 nitrogen and oxygen atoms in total. The molecule has 43 heavy (non-hydrogen) atoms. The first kappa shape index (κ1) is 30.1. The summed E-state index contributed by atoms with van der Waals surface area (Å²) in [6, 6.07) is 8.99. The van der Waals surface area contributed by atoms with Crippen LogP contribution in [0.25, 0.3) is 11.4 Å². The number of imidazole rings is 2. The monoisotopic (exact) mass is 592 g/mol. The summed E-state index contributed by atoms with van der Waals surface area (Å²) >= 11 is 5.74. The van der Waals surface area contributed by atoms with Crippen molar-refractivity contribution in [2.75, 3.05) is 0 Å². The largest absolute Gasteiger partial charge is 0.363 e. The van der Waals surface area contributed by atoms with Crippen LogP contribution in [0.3, 0.4) is 0 Å². The molecular weight excluding hydrogens is 568 g/mol. The molecule has 0 bridgehead atoms. The fourth-order valence-corrected chi connectivity index (χ4v) is 4.08. The fourth-order valence-electron chi connectivity index (χ4n) is 3.93. The van der Waals surface area contributed by atoms with Gasteiger partial charge in [0.15, 0.2) is 0 Å². The average molecular weight is 593 g/mol. The van der Waals surface area contributed by atoms with E-state index >= 15 is 0 Å². The first-order chi connectivity index (χ1) is 20.5. The molecule has 2 amide bonds.